The van der Waals surface area contributed by atoms with Crippen molar-refractivity contribution in [3.63, 3.8) is 0 Å². The molecule has 124 valence electrons. The highest BCUT2D eigenvalue weighted by Gasteiger charge is 2.23. The van der Waals surface area contributed by atoms with Crippen molar-refractivity contribution in [2.24, 2.45) is 0 Å². The van der Waals surface area contributed by atoms with E-state index in [9.17, 15) is 9.59 Å². The number of carbonyl (C=O) groups excluding carboxylic acids is 2. The lowest BCUT2D eigenvalue weighted by atomic mass is 10.00. The maximum absolute atomic E-state index is 12.2. The van der Waals surface area contributed by atoms with Crippen LogP contribution in [-0.4, -0.2) is 48.9 Å². The van der Waals surface area contributed by atoms with Crippen molar-refractivity contribution in [1.29, 1.82) is 0 Å². The van der Waals surface area contributed by atoms with Gasteiger partial charge in [-0.25, -0.2) is 0 Å². The van der Waals surface area contributed by atoms with E-state index in [0.717, 1.165) is 23.2 Å². The van der Waals surface area contributed by atoms with Crippen molar-refractivity contribution in [1.82, 2.24) is 15.5 Å². The van der Waals surface area contributed by atoms with Gasteiger partial charge in [-0.05, 0) is 54.4 Å². The van der Waals surface area contributed by atoms with E-state index in [0.29, 0.717) is 4.88 Å². The molecule has 2 amide bonds. The third-order valence-electron chi connectivity index (χ3n) is 3.62. The SMILES string of the molecule is CC1NCCCC1NC(=O)CN(C)C(=O)c1ccc(Br)s1.Cl. The Hall–Kier alpha value is -0.630. The Kier molecular flexibility index (Phi) is 7.82. The zero-order chi connectivity index (χ0) is 15.4. The molecule has 22 heavy (non-hydrogen) atoms. The topological polar surface area (TPSA) is 61.4 Å². The first-order valence-corrected chi connectivity index (χ1v) is 8.62. The zero-order valence-electron chi connectivity index (χ0n) is 12.6. The van der Waals surface area contributed by atoms with Gasteiger partial charge in [0, 0.05) is 19.1 Å². The molecule has 2 atom stereocenters. The summed E-state index contributed by atoms with van der Waals surface area (Å²) in [6, 6.07) is 4.02. The maximum atomic E-state index is 12.2. The van der Waals surface area contributed by atoms with Gasteiger partial charge in [-0.3, -0.25) is 9.59 Å². The fourth-order valence-corrected chi connectivity index (χ4v) is 3.78. The summed E-state index contributed by atoms with van der Waals surface area (Å²) in [5, 5.41) is 6.35. The predicted molar refractivity (Wildman–Crippen MR) is 94.9 cm³/mol. The third-order valence-corrected chi connectivity index (χ3v) is 5.23. The van der Waals surface area contributed by atoms with Crippen LogP contribution >= 0.6 is 39.7 Å². The van der Waals surface area contributed by atoms with Crippen molar-refractivity contribution in [2.45, 2.75) is 31.8 Å². The second-order valence-corrected chi connectivity index (χ2v) is 7.79. The van der Waals surface area contributed by atoms with E-state index < -0.39 is 0 Å². The maximum Gasteiger partial charge on any atom is 0.264 e. The molecule has 1 aliphatic rings. The summed E-state index contributed by atoms with van der Waals surface area (Å²) in [4.78, 5) is 26.3. The van der Waals surface area contributed by atoms with Gasteiger partial charge in [0.15, 0.2) is 0 Å². The molecule has 0 bridgehead atoms. The standard InChI is InChI=1S/C14H20BrN3O2S.ClH/c1-9-10(4-3-7-16-9)17-13(19)8-18(2)14(20)11-5-6-12(15)21-11;/h5-6,9-10,16H,3-4,7-8H2,1-2H3,(H,17,19);1H. The number of rotatable bonds is 4. The smallest absolute Gasteiger partial charge is 0.264 e. The summed E-state index contributed by atoms with van der Waals surface area (Å²) in [6.45, 7) is 3.15. The zero-order valence-corrected chi connectivity index (χ0v) is 15.8. The quantitative estimate of drug-likeness (QED) is 0.800. The van der Waals surface area contributed by atoms with Gasteiger partial charge in [0.25, 0.3) is 5.91 Å². The normalized spacial score (nSPS) is 20.9. The summed E-state index contributed by atoms with van der Waals surface area (Å²) >= 11 is 4.71. The molecule has 2 unspecified atom stereocenters. The number of halogens is 2. The molecule has 0 saturated carbocycles. The highest BCUT2D eigenvalue weighted by Crippen LogP contribution is 2.22. The first-order chi connectivity index (χ1) is 9.97. The minimum Gasteiger partial charge on any atom is -0.350 e. The van der Waals surface area contributed by atoms with Crippen LogP contribution in [0.5, 0.6) is 0 Å². The van der Waals surface area contributed by atoms with Gasteiger partial charge < -0.3 is 15.5 Å². The number of hydrogen-bond donors (Lipinski definition) is 2. The fourth-order valence-electron chi connectivity index (χ4n) is 2.40. The molecule has 0 aliphatic carbocycles. The van der Waals surface area contributed by atoms with Crippen LogP contribution in [0.3, 0.4) is 0 Å². The van der Waals surface area contributed by atoms with Gasteiger partial charge in [-0.1, -0.05) is 0 Å². The molecular formula is C14H21BrClN3O2S. The highest BCUT2D eigenvalue weighted by atomic mass is 79.9. The van der Waals surface area contributed by atoms with Crippen molar-refractivity contribution in [3.8, 4) is 0 Å². The molecule has 0 aromatic carbocycles. The molecule has 2 N–H and O–H groups in total. The largest absolute Gasteiger partial charge is 0.350 e. The lowest BCUT2D eigenvalue weighted by molar-refractivity contribution is -0.122. The van der Waals surface area contributed by atoms with Crippen LogP contribution < -0.4 is 10.6 Å². The van der Waals surface area contributed by atoms with E-state index in [2.05, 4.69) is 33.5 Å². The number of nitrogens with zero attached hydrogens (tertiary/aromatic N) is 1. The Morgan fingerprint density at radius 1 is 1.50 bits per heavy atom. The Bertz CT molecular complexity index is 526. The molecule has 2 rings (SSSR count). The number of carbonyl (C=O) groups is 2. The predicted octanol–water partition coefficient (Wildman–Crippen LogP) is 2.26. The number of hydrogen-bond acceptors (Lipinski definition) is 4. The van der Waals surface area contributed by atoms with E-state index in [1.54, 1.807) is 13.1 Å². The van der Waals surface area contributed by atoms with E-state index >= 15 is 0 Å². The van der Waals surface area contributed by atoms with Crippen LogP contribution in [0.4, 0.5) is 0 Å². The second-order valence-electron chi connectivity index (χ2n) is 5.32. The molecule has 1 aromatic rings. The number of piperidine rings is 1. The molecule has 1 aromatic heterocycles. The lowest BCUT2D eigenvalue weighted by Crippen LogP contribution is -2.53. The molecule has 1 aliphatic heterocycles. The van der Waals surface area contributed by atoms with E-state index in [1.807, 2.05) is 6.07 Å². The molecule has 5 nitrogen and oxygen atoms in total. The summed E-state index contributed by atoms with van der Waals surface area (Å²) in [6.07, 6.45) is 2.04. The fraction of sp³-hybridized carbons (Fsp3) is 0.571. The van der Waals surface area contributed by atoms with Crippen molar-refractivity contribution in [3.05, 3.63) is 20.8 Å². The van der Waals surface area contributed by atoms with Gasteiger partial charge in [0.05, 0.1) is 15.2 Å². The van der Waals surface area contributed by atoms with Crippen LogP contribution in [0, 0.1) is 0 Å². The van der Waals surface area contributed by atoms with Crippen LogP contribution in [0.1, 0.15) is 29.4 Å². The van der Waals surface area contributed by atoms with Crippen LogP contribution in [-0.2, 0) is 4.79 Å². The first kappa shape index (κ1) is 19.4. The van der Waals surface area contributed by atoms with Gasteiger partial charge in [-0.15, -0.1) is 23.7 Å². The van der Waals surface area contributed by atoms with Gasteiger partial charge in [-0.2, -0.15) is 0 Å². The Morgan fingerprint density at radius 2 is 2.23 bits per heavy atom. The first-order valence-electron chi connectivity index (χ1n) is 7.01. The monoisotopic (exact) mass is 409 g/mol. The Morgan fingerprint density at radius 3 is 2.82 bits per heavy atom. The van der Waals surface area contributed by atoms with Crippen LogP contribution in [0.25, 0.3) is 0 Å². The number of amides is 2. The van der Waals surface area contributed by atoms with Crippen molar-refractivity contribution in [2.75, 3.05) is 20.1 Å². The number of thiophene rings is 1. The van der Waals surface area contributed by atoms with E-state index in [1.165, 1.54) is 16.2 Å². The molecule has 0 spiro atoms. The van der Waals surface area contributed by atoms with E-state index in [4.69, 9.17) is 0 Å². The Labute approximate surface area is 149 Å². The minimum absolute atomic E-state index is 0. The lowest BCUT2D eigenvalue weighted by Gasteiger charge is -2.31. The van der Waals surface area contributed by atoms with Gasteiger partial charge in [0.1, 0.15) is 0 Å². The minimum atomic E-state index is -0.129. The van der Waals surface area contributed by atoms with Crippen molar-refractivity contribution >= 4 is 51.5 Å². The van der Waals surface area contributed by atoms with Crippen molar-refractivity contribution < 1.29 is 9.59 Å². The van der Waals surface area contributed by atoms with Gasteiger partial charge in [0.2, 0.25) is 5.91 Å². The van der Waals surface area contributed by atoms with E-state index in [-0.39, 0.29) is 42.8 Å². The Balaban J connectivity index is 0.00000242. The number of nitrogens with one attached hydrogen (secondary N) is 2. The molecule has 2 heterocycles. The average molecular weight is 411 g/mol. The van der Waals surface area contributed by atoms with Gasteiger partial charge >= 0.3 is 0 Å². The van der Waals surface area contributed by atoms with Crippen LogP contribution in [0.2, 0.25) is 0 Å². The third kappa shape index (κ3) is 5.22. The number of likely N-dealkylation sites (N-methyl/N-ethyl adjacent to an activating group) is 1. The summed E-state index contributed by atoms with van der Waals surface area (Å²) in [5.74, 6) is -0.238. The van der Waals surface area contributed by atoms with Crippen LogP contribution in [0.15, 0.2) is 15.9 Å². The molecular weight excluding hydrogens is 390 g/mol. The summed E-state index contributed by atoms with van der Waals surface area (Å²) in [5.41, 5.74) is 0. The molecule has 1 fully saturated rings. The summed E-state index contributed by atoms with van der Waals surface area (Å²) in [7, 11) is 1.65. The second kappa shape index (κ2) is 8.86. The highest BCUT2D eigenvalue weighted by molar-refractivity contribution is 9.11. The molecule has 0 radical (unpaired) electrons. The molecule has 8 heteroatoms. The summed E-state index contributed by atoms with van der Waals surface area (Å²) < 4.78 is 0.908. The molecule has 1 saturated heterocycles. The average Bonchev–Trinajstić information content (AvgIpc) is 2.87.